The van der Waals surface area contributed by atoms with Gasteiger partial charge in [0.1, 0.15) is 5.02 Å². The quantitative estimate of drug-likeness (QED) is 0.630. The van der Waals surface area contributed by atoms with E-state index in [0.717, 1.165) is 6.42 Å². The Balaban J connectivity index is 2.18. The van der Waals surface area contributed by atoms with Crippen LogP contribution in [0.3, 0.4) is 0 Å². The third-order valence-electron chi connectivity index (χ3n) is 3.54. The highest BCUT2D eigenvalue weighted by Gasteiger charge is 2.34. The molecule has 1 saturated carbocycles. The van der Waals surface area contributed by atoms with E-state index in [0.29, 0.717) is 18.4 Å². The van der Waals surface area contributed by atoms with Gasteiger partial charge < -0.3 is 4.90 Å². The lowest BCUT2D eigenvalue weighted by molar-refractivity contribution is -0.384. The van der Waals surface area contributed by atoms with E-state index < -0.39 is 4.92 Å². The monoisotopic (exact) mass is 282 g/mol. The Hall–Kier alpha value is -1.62. The summed E-state index contributed by atoms with van der Waals surface area (Å²) in [6.45, 7) is 2.81. The summed E-state index contributed by atoms with van der Waals surface area (Å²) in [5.41, 5.74) is -0.0487. The Morgan fingerprint density at radius 1 is 1.58 bits per heavy atom. The molecule has 1 amide bonds. The van der Waals surface area contributed by atoms with E-state index in [1.807, 2.05) is 0 Å². The fourth-order valence-corrected chi connectivity index (χ4v) is 2.40. The van der Waals surface area contributed by atoms with E-state index in [2.05, 4.69) is 6.92 Å². The highest BCUT2D eigenvalue weighted by atomic mass is 35.5. The van der Waals surface area contributed by atoms with Crippen LogP contribution >= 0.6 is 11.6 Å². The summed E-state index contributed by atoms with van der Waals surface area (Å²) in [6.07, 6.45) is 1.13. The molecule has 1 aromatic rings. The maximum absolute atomic E-state index is 12.2. The molecule has 0 bridgehead atoms. The summed E-state index contributed by atoms with van der Waals surface area (Å²) in [7, 11) is 1.70. The van der Waals surface area contributed by atoms with E-state index in [4.69, 9.17) is 11.6 Å². The highest BCUT2D eigenvalue weighted by molar-refractivity contribution is 6.35. The minimum atomic E-state index is -0.581. The Morgan fingerprint density at radius 3 is 2.74 bits per heavy atom. The van der Waals surface area contributed by atoms with Crippen LogP contribution in [0, 0.1) is 22.0 Å². The normalized spacial score (nSPS) is 21.0. The van der Waals surface area contributed by atoms with Gasteiger partial charge in [-0.25, -0.2) is 0 Å². The molecule has 0 spiro atoms. The molecule has 0 radical (unpaired) electrons. The average molecular weight is 283 g/mol. The predicted molar refractivity (Wildman–Crippen MR) is 72.3 cm³/mol. The van der Waals surface area contributed by atoms with Crippen molar-refractivity contribution in [2.45, 2.75) is 13.3 Å². The molecule has 0 aromatic heterocycles. The smallest absolute Gasteiger partial charge is 0.288 e. The minimum absolute atomic E-state index is 0.0896. The molecule has 2 rings (SSSR count). The number of nitro benzene ring substituents is 1. The Kier molecular flexibility index (Phi) is 3.75. The fraction of sp³-hybridized carbons (Fsp3) is 0.462. The summed E-state index contributed by atoms with van der Waals surface area (Å²) in [4.78, 5) is 24.0. The number of carbonyl (C=O) groups is 1. The molecule has 1 aromatic carbocycles. The van der Waals surface area contributed by atoms with Gasteiger partial charge in [-0.15, -0.1) is 0 Å². The van der Waals surface area contributed by atoms with Crippen LogP contribution in [0.1, 0.15) is 23.7 Å². The maximum Gasteiger partial charge on any atom is 0.288 e. The predicted octanol–water partition coefficient (Wildman–Crippen LogP) is 2.98. The average Bonchev–Trinajstić information content (AvgIpc) is 3.03. The summed E-state index contributed by atoms with van der Waals surface area (Å²) in [6, 6.07) is 4.29. The molecule has 5 nitrogen and oxygen atoms in total. The van der Waals surface area contributed by atoms with Crippen molar-refractivity contribution in [1.29, 1.82) is 0 Å². The molecule has 102 valence electrons. The van der Waals surface area contributed by atoms with Crippen molar-refractivity contribution in [3.8, 4) is 0 Å². The topological polar surface area (TPSA) is 63.5 Å². The molecule has 1 aliphatic rings. The molecule has 1 fully saturated rings. The van der Waals surface area contributed by atoms with Crippen LogP contribution in [0.2, 0.25) is 5.02 Å². The van der Waals surface area contributed by atoms with E-state index in [9.17, 15) is 14.9 Å². The fourth-order valence-electron chi connectivity index (χ4n) is 2.12. The first kappa shape index (κ1) is 13.8. The molecular formula is C13H15ClN2O3. The molecule has 2 unspecified atom stereocenters. The molecule has 19 heavy (non-hydrogen) atoms. The van der Waals surface area contributed by atoms with E-state index in [1.54, 1.807) is 11.9 Å². The first-order valence-electron chi connectivity index (χ1n) is 6.10. The van der Waals surface area contributed by atoms with Gasteiger partial charge in [0, 0.05) is 19.7 Å². The Bertz CT molecular complexity index is 533. The molecule has 0 saturated heterocycles. The van der Waals surface area contributed by atoms with Crippen molar-refractivity contribution in [1.82, 2.24) is 4.90 Å². The van der Waals surface area contributed by atoms with Crippen molar-refractivity contribution in [2.75, 3.05) is 13.6 Å². The van der Waals surface area contributed by atoms with Crippen molar-refractivity contribution in [3.05, 3.63) is 38.9 Å². The number of benzene rings is 1. The van der Waals surface area contributed by atoms with Gasteiger partial charge in [-0.1, -0.05) is 24.6 Å². The lowest BCUT2D eigenvalue weighted by Crippen LogP contribution is -2.29. The van der Waals surface area contributed by atoms with Gasteiger partial charge in [0.25, 0.3) is 11.6 Å². The van der Waals surface area contributed by atoms with E-state index >= 15 is 0 Å². The van der Waals surface area contributed by atoms with Gasteiger partial charge in [0.05, 0.1) is 10.5 Å². The van der Waals surface area contributed by atoms with Crippen LogP contribution in [0.4, 0.5) is 5.69 Å². The Morgan fingerprint density at radius 2 is 2.21 bits per heavy atom. The second-order valence-corrected chi connectivity index (χ2v) is 5.43. The molecule has 0 aliphatic heterocycles. The number of hydrogen-bond donors (Lipinski definition) is 0. The molecule has 0 heterocycles. The third-order valence-corrected chi connectivity index (χ3v) is 3.93. The van der Waals surface area contributed by atoms with E-state index in [-0.39, 0.29) is 22.2 Å². The van der Waals surface area contributed by atoms with Gasteiger partial charge in [-0.05, 0) is 24.3 Å². The molecule has 0 N–H and O–H groups in total. The molecular weight excluding hydrogens is 268 g/mol. The van der Waals surface area contributed by atoms with E-state index in [1.165, 1.54) is 18.2 Å². The largest absolute Gasteiger partial charge is 0.341 e. The maximum atomic E-state index is 12.2. The zero-order chi connectivity index (χ0) is 14.2. The number of hydrogen-bond acceptors (Lipinski definition) is 3. The van der Waals surface area contributed by atoms with Crippen LogP contribution in [0.25, 0.3) is 0 Å². The standard InChI is InChI=1S/C13H15ClN2O3/c1-8-6-9(8)7-15(2)13(17)10-4-3-5-11(12(10)14)16(18)19/h3-5,8-9H,6-7H2,1-2H3. The molecule has 1 aliphatic carbocycles. The van der Waals surface area contributed by atoms with Crippen LogP contribution in [-0.2, 0) is 0 Å². The molecule has 6 heteroatoms. The number of amides is 1. The minimum Gasteiger partial charge on any atom is -0.341 e. The van der Waals surface area contributed by atoms with Crippen LogP contribution < -0.4 is 0 Å². The van der Waals surface area contributed by atoms with Crippen molar-refractivity contribution < 1.29 is 9.72 Å². The highest BCUT2D eigenvalue weighted by Crippen LogP contribution is 2.38. The van der Waals surface area contributed by atoms with Crippen LogP contribution in [0.5, 0.6) is 0 Å². The lowest BCUT2D eigenvalue weighted by Gasteiger charge is -2.17. The van der Waals surface area contributed by atoms with Gasteiger partial charge in [0.15, 0.2) is 0 Å². The second-order valence-electron chi connectivity index (χ2n) is 5.05. The summed E-state index contributed by atoms with van der Waals surface area (Å²) in [5.74, 6) is 0.912. The summed E-state index contributed by atoms with van der Waals surface area (Å²) >= 11 is 5.93. The second kappa shape index (κ2) is 5.17. The number of nitro groups is 1. The zero-order valence-corrected chi connectivity index (χ0v) is 11.6. The SMILES string of the molecule is CC1CC1CN(C)C(=O)c1cccc([N+](=O)[O-])c1Cl. The van der Waals surface area contributed by atoms with Crippen LogP contribution in [-0.4, -0.2) is 29.3 Å². The van der Waals surface area contributed by atoms with Crippen molar-refractivity contribution in [3.63, 3.8) is 0 Å². The van der Waals surface area contributed by atoms with Gasteiger partial charge in [-0.3, -0.25) is 14.9 Å². The summed E-state index contributed by atoms with van der Waals surface area (Å²) < 4.78 is 0. The van der Waals surface area contributed by atoms with Crippen LogP contribution in [0.15, 0.2) is 18.2 Å². The third kappa shape index (κ3) is 2.87. The first-order chi connectivity index (χ1) is 8.91. The van der Waals surface area contributed by atoms with Crippen molar-refractivity contribution in [2.24, 2.45) is 11.8 Å². The number of nitrogens with zero attached hydrogens (tertiary/aromatic N) is 2. The Labute approximate surface area is 116 Å². The summed E-state index contributed by atoms with van der Waals surface area (Å²) in [5, 5.41) is 10.7. The van der Waals surface area contributed by atoms with Gasteiger partial charge in [-0.2, -0.15) is 0 Å². The molecule has 2 atom stereocenters. The number of halogens is 1. The number of rotatable bonds is 4. The zero-order valence-electron chi connectivity index (χ0n) is 10.8. The van der Waals surface area contributed by atoms with Gasteiger partial charge >= 0.3 is 0 Å². The lowest BCUT2D eigenvalue weighted by atomic mass is 10.1. The van der Waals surface area contributed by atoms with Crippen molar-refractivity contribution >= 4 is 23.2 Å². The number of carbonyl (C=O) groups excluding carboxylic acids is 1. The first-order valence-corrected chi connectivity index (χ1v) is 6.48. The van der Waals surface area contributed by atoms with Gasteiger partial charge in [0.2, 0.25) is 0 Å².